The smallest absolute Gasteiger partial charge is 0.258 e. The highest BCUT2D eigenvalue weighted by molar-refractivity contribution is 5.78. The second-order valence-electron chi connectivity index (χ2n) is 2.05. The van der Waals surface area contributed by atoms with Gasteiger partial charge in [-0.3, -0.25) is 4.79 Å². The van der Waals surface area contributed by atoms with E-state index in [9.17, 15) is 13.6 Å². The number of carbonyl (C=O) groups excluding carboxylic acids is 1. The molecule has 1 saturated heterocycles. The lowest BCUT2D eigenvalue weighted by molar-refractivity contribution is -0.119. The van der Waals surface area contributed by atoms with Crippen LogP contribution in [0.1, 0.15) is 12.8 Å². The minimum absolute atomic E-state index is 0.245. The summed E-state index contributed by atoms with van der Waals surface area (Å²) in [6.45, 7) is 0. The van der Waals surface area contributed by atoms with Crippen molar-refractivity contribution in [2.24, 2.45) is 0 Å². The van der Waals surface area contributed by atoms with Crippen molar-refractivity contribution >= 4 is 5.91 Å². The van der Waals surface area contributed by atoms with Gasteiger partial charge in [-0.15, -0.1) is 0 Å². The van der Waals surface area contributed by atoms with Crippen LogP contribution in [0, 0.1) is 0 Å². The Balaban J connectivity index is 2.39. The van der Waals surface area contributed by atoms with Crippen molar-refractivity contribution < 1.29 is 13.6 Å². The van der Waals surface area contributed by atoms with Gasteiger partial charge in [0.1, 0.15) is 0 Å². The zero-order chi connectivity index (χ0) is 6.85. The predicted molar refractivity (Wildman–Crippen MR) is 27.2 cm³/mol. The fourth-order valence-electron chi connectivity index (χ4n) is 0.827. The van der Waals surface area contributed by atoms with Crippen LogP contribution in [0.3, 0.4) is 0 Å². The molecule has 0 aromatic carbocycles. The maximum atomic E-state index is 11.7. The molecule has 2 nitrogen and oxygen atoms in total. The molecule has 52 valence electrons. The largest absolute Gasteiger partial charge is 0.348 e. The number of hydrogen-bond acceptors (Lipinski definition) is 1. The maximum Gasteiger partial charge on any atom is 0.258 e. The van der Waals surface area contributed by atoms with E-state index in [1.54, 1.807) is 0 Å². The van der Waals surface area contributed by atoms with Crippen molar-refractivity contribution in [2.75, 3.05) is 0 Å². The molecular formula is C5H7F2NO. The first-order valence-electron chi connectivity index (χ1n) is 2.77. The average Bonchev–Trinajstić information content (AvgIpc) is 2.14. The fourth-order valence-corrected chi connectivity index (χ4v) is 0.827. The summed E-state index contributed by atoms with van der Waals surface area (Å²) in [6.07, 6.45) is -1.89. The molecule has 1 aliphatic rings. The zero-order valence-corrected chi connectivity index (χ0v) is 4.73. The van der Waals surface area contributed by atoms with Gasteiger partial charge in [0.25, 0.3) is 6.43 Å². The van der Waals surface area contributed by atoms with Crippen molar-refractivity contribution in [2.45, 2.75) is 25.3 Å². The van der Waals surface area contributed by atoms with E-state index in [-0.39, 0.29) is 18.7 Å². The molecule has 1 N–H and O–H groups in total. The predicted octanol–water partition coefficient (Wildman–Crippen LogP) is 0.530. The van der Waals surface area contributed by atoms with E-state index in [1.807, 2.05) is 0 Å². The monoisotopic (exact) mass is 135 g/mol. The Morgan fingerprint density at radius 2 is 2.33 bits per heavy atom. The highest BCUT2D eigenvalue weighted by Crippen LogP contribution is 2.13. The van der Waals surface area contributed by atoms with Crippen molar-refractivity contribution in [3.05, 3.63) is 0 Å². The third kappa shape index (κ3) is 1.37. The molecule has 0 radical (unpaired) electrons. The average molecular weight is 135 g/mol. The Kier molecular flexibility index (Phi) is 1.64. The lowest BCUT2D eigenvalue weighted by Gasteiger charge is -2.05. The molecule has 1 rings (SSSR count). The summed E-state index contributed by atoms with van der Waals surface area (Å²) in [4.78, 5) is 10.3. The lowest BCUT2D eigenvalue weighted by Crippen LogP contribution is -2.31. The molecule has 0 aromatic heterocycles. The van der Waals surface area contributed by atoms with Crippen LogP contribution in [0.25, 0.3) is 0 Å². The van der Waals surface area contributed by atoms with Crippen LogP contribution in [-0.4, -0.2) is 18.4 Å². The molecule has 1 amide bonds. The minimum atomic E-state index is -2.41. The molecule has 1 aliphatic heterocycles. The summed E-state index contributed by atoms with van der Waals surface area (Å²) in [7, 11) is 0. The van der Waals surface area contributed by atoms with Gasteiger partial charge in [0, 0.05) is 6.42 Å². The third-order valence-electron chi connectivity index (χ3n) is 1.33. The first kappa shape index (κ1) is 6.45. The number of alkyl halides is 2. The zero-order valence-electron chi connectivity index (χ0n) is 4.73. The molecule has 1 atom stereocenters. The number of halogens is 2. The molecule has 1 fully saturated rings. The van der Waals surface area contributed by atoms with Crippen LogP contribution < -0.4 is 5.32 Å². The summed E-state index contributed by atoms with van der Waals surface area (Å²) >= 11 is 0. The molecule has 0 unspecified atom stereocenters. The Bertz CT molecular complexity index is 126. The quantitative estimate of drug-likeness (QED) is 0.558. The molecule has 9 heavy (non-hydrogen) atoms. The molecule has 0 spiro atoms. The lowest BCUT2D eigenvalue weighted by atomic mass is 10.2. The summed E-state index contributed by atoms with van der Waals surface area (Å²) in [5.74, 6) is -0.264. The van der Waals surface area contributed by atoms with Gasteiger partial charge in [0.05, 0.1) is 6.04 Å². The number of hydrogen-bond donors (Lipinski definition) is 1. The number of amides is 1. The second kappa shape index (κ2) is 2.29. The molecule has 0 aliphatic carbocycles. The summed E-state index contributed by atoms with van der Waals surface area (Å²) in [5, 5.41) is 2.16. The highest BCUT2D eigenvalue weighted by atomic mass is 19.3. The number of nitrogens with one attached hydrogen (secondary N) is 1. The van der Waals surface area contributed by atoms with E-state index in [0.29, 0.717) is 0 Å². The molecule has 0 saturated carbocycles. The molecule has 4 heteroatoms. The van der Waals surface area contributed by atoms with Crippen LogP contribution in [0.15, 0.2) is 0 Å². The Morgan fingerprint density at radius 1 is 1.67 bits per heavy atom. The Hall–Kier alpha value is -0.670. The standard InChI is InChI=1S/C5H7F2NO/c6-5(7)3-1-2-4(9)8-3/h3,5H,1-2H2,(H,8,9)/t3-/m1/s1. The topological polar surface area (TPSA) is 29.1 Å². The molecule has 1 heterocycles. The van der Waals surface area contributed by atoms with Gasteiger partial charge in [0.15, 0.2) is 0 Å². The van der Waals surface area contributed by atoms with Crippen LogP contribution >= 0.6 is 0 Å². The SMILES string of the molecule is O=C1CC[C@H](C(F)F)N1. The Morgan fingerprint density at radius 3 is 2.56 bits per heavy atom. The van der Waals surface area contributed by atoms with E-state index in [1.165, 1.54) is 0 Å². The molecule has 0 aromatic rings. The number of carbonyl (C=O) groups is 1. The van der Waals surface area contributed by atoms with Gasteiger partial charge in [-0.05, 0) is 6.42 Å². The van der Waals surface area contributed by atoms with Crippen molar-refractivity contribution in [3.63, 3.8) is 0 Å². The normalized spacial score (nSPS) is 27.0. The first-order valence-corrected chi connectivity index (χ1v) is 2.77. The van der Waals surface area contributed by atoms with E-state index in [0.717, 1.165) is 0 Å². The van der Waals surface area contributed by atoms with Crippen molar-refractivity contribution in [1.82, 2.24) is 5.32 Å². The van der Waals surface area contributed by atoms with Gasteiger partial charge >= 0.3 is 0 Å². The van der Waals surface area contributed by atoms with E-state index in [4.69, 9.17) is 0 Å². The van der Waals surface area contributed by atoms with Gasteiger partial charge in [0.2, 0.25) is 5.91 Å². The van der Waals surface area contributed by atoms with Gasteiger partial charge in [-0.1, -0.05) is 0 Å². The van der Waals surface area contributed by atoms with E-state index in [2.05, 4.69) is 5.32 Å². The van der Waals surface area contributed by atoms with Crippen LogP contribution in [0.2, 0.25) is 0 Å². The third-order valence-corrected chi connectivity index (χ3v) is 1.33. The first-order chi connectivity index (χ1) is 4.20. The molecular weight excluding hydrogens is 128 g/mol. The number of rotatable bonds is 1. The molecule has 0 bridgehead atoms. The minimum Gasteiger partial charge on any atom is -0.348 e. The summed E-state index contributed by atoms with van der Waals surface area (Å²) in [5.41, 5.74) is 0. The highest BCUT2D eigenvalue weighted by Gasteiger charge is 2.27. The summed E-state index contributed by atoms with van der Waals surface area (Å²) < 4.78 is 23.4. The van der Waals surface area contributed by atoms with Crippen LogP contribution in [-0.2, 0) is 4.79 Å². The maximum absolute atomic E-state index is 11.7. The van der Waals surface area contributed by atoms with Crippen LogP contribution in [0.5, 0.6) is 0 Å². The fraction of sp³-hybridized carbons (Fsp3) is 0.800. The second-order valence-corrected chi connectivity index (χ2v) is 2.05. The van der Waals surface area contributed by atoms with E-state index < -0.39 is 12.5 Å². The Labute approximate surface area is 51.2 Å². The van der Waals surface area contributed by atoms with Crippen LogP contribution in [0.4, 0.5) is 8.78 Å². The van der Waals surface area contributed by atoms with Gasteiger partial charge < -0.3 is 5.32 Å². The van der Waals surface area contributed by atoms with Gasteiger partial charge in [-0.2, -0.15) is 0 Å². The van der Waals surface area contributed by atoms with Crippen molar-refractivity contribution in [3.8, 4) is 0 Å². The van der Waals surface area contributed by atoms with Gasteiger partial charge in [-0.25, -0.2) is 8.78 Å². The van der Waals surface area contributed by atoms with Crippen molar-refractivity contribution in [1.29, 1.82) is 0 Å². The summed E-state index contributed by atoms with van der Waals surface area (Å²) in [6, 6.07) is -0.891. The van der Waals surface area contributed by atoms with E-state index >= 15 is 0 Å².